The van der Waals surface area contributed by atoms with Crippen LogP contribution in [-0.2, 0) is 9.53 Å². The molecule has 1 aliphatic heterocycles. The number of ether oxygens (including phenoxy) is 1. The zero-order valence-electron chi connectivity index (χ0n) is 16.6. The molecule has 1 aromatic heterocycles. The van der Waals surface area contributed by atoms with E-state index in [1.807, 2.05) is 43.0 Å². The summed E-state index contributed by atoms with van der Waals surface area (Å²) in [6.07, 6.45) is 2.92. The van der Waals surface area contributed by atoms with E-state index in [9.17, 15) is 9.59 Å². The number of carbonyl (C=O) groups is 2. The summed E-state index contributed by atoms with van der Waals surface area (Å²) >= 11 is 0. The number of pyridine rings is 1. The van der Waals surface area contributed by atoms with Gasteiger partial charge < -0.3 is 14.5 Å². The predicted octanol–water partition coefficient (Wildman–Crippen LogP) is 3.17. The number of benzene rings is 1. The van der Waals surface area contributed by atoms with Crippen LogP contribution in [0.2, 0.25) is 0 Å². The maximum absolute atomic E-state index is 12.8. The largest absolute Gasteiger partial charge is 0.462 e. The quantitative estimate of drug-likeness (QED) is 0.761. The minimum Gasteiger partial charge on any atom is -0.462 e. The van der Waals surface area contributed by atoms with Crippen LogP contribution in [0.4, 0.5) is 5.82 Å². The Labute approximate surface area is 165 Å². The lowest BCUT2D eigenvalue weighted by Crippen LogP contribution is -2.36. The zero-order valence-corrected chi connectivity index (χ0v) is 16.6. The number of carbonyl (C=O) groups excluding carboxylic acids is 2. The number of fused-ring (bicyclic) bond motifs is 1. The van der Waals surface area contributed by atoms with Gasteiger partial charge in [0.05, 0.1) is 12.1 Å². The summed E-state index contributed by atoms with van der Waals surface area (Å²) in [4.78, 5) is 34.2. The maximum Gasteiger partial charge on any atom is 0.342 e. The van der Waals surface area contributed by atoms with Crippen LogP contribution in [0.1, 0.15) is 42.1 Å². The van der Waals surface area contributed by atoms with Crippen molar-refractivity contribution in [2.24, 2.45) is 5.92 Å². The highest BCUT2D eigenvalue weighted by molar-refractivity contribution is 6.02. The summed E-state index contributed by atoms with van der Waals surface area (Å²) in [5, 5.41) is 0.967. The van der Waals surface area contributed by atoms with Crippen LogP contribution < -0.4 is 4.90 Å². The molecule has 4 rings (SSSR count). The Kier molecular flexibility index (Phi) is 5.20. The molecule has 6 heteroatoms. The normalized spacial score (nSPS) is 17.5. The van der Waals surface area contributed by atoms with E-state index >= 15 is 0 Å². The van der Waals surface area contributed by atoms with Gasteiger partial charge in [0.1, 0.15) is 11.4 Å². The first-order valence-electron chi connectivity index (χ1n) is 10.2. The van der Waals surface area contributed by atoms with E-state index in [1.54, 1.807) is 0 Å². The van der Waals surface area contributed by atoms with Gasteiger partial charge in [-0.2, -0.15) is 0 Å². The van der Waals surface area contributed by atoms with Crippen molar-refractivity contribution in [2.75, 3.05) is 37.7 Å². The number of amides is 1. The molecule has 0 N–H and O–H groups in total. The first-order chi connectivity index (χ1) is 13.6. The smallest absolute Gasteiger partial charge is 0.342 e. The predicted molar refractivity (Wildman–Crippen MR) is 109 cm³/mol. The molecule has 2 aliphatic rings. The van der Waals surface area contributed by atoms with Crippen molar-refractivity contribution in [1.29, 1.82) is 0 Å². The molecule has 1 aliphatic carbocycles. The van der Waals surface area contributed by atoms with Crippen LogP contribution in [0.25, 0.3) is 10.9 Å². The highest BCUT2D eigenvalue weighted by Crippen LogP contribution is 2.32. The van der Waals surface area contributed by atoms with Crippen LogP contribution in [0.3, 0.4) is 0 Å². The topological polar surface area (TPSA) is 62.7 Å². The summed E-state index contributed by atoms with van der Waals surface area (Å²) in [5.74, 6) is 0.872. The molecule has 1 amide bonds. The number of esters is 1. The Morgan fingerprint density at radius 1 is 1.14 bits per heavy atom. The second kappa shape index (κ2) is 7.78. The average Bonchev–Trinajstić information content (AvgIpc) is 3.54. The average molecular weight is 381 g/mol. The van der Waals surface area contributed by atoms with Crippen molar-refractivity contribution in [2.45, 2.75) is 33.1 Å². The fraction of sp³-hybridized carbons (Fsp3) is 0.500. The minimum atomic E-state index is -0.330. The number of rotatable bonds is 4. The van der Waals surface area contributed by atoms with Gasteiger partial charge >= 0.3 is 5.97 Å². The van der Waals surface area contributed by atoms with Crippen molar-refractivity contribution in [1.82, 2.24) is 9.88 Å². The van der Waals surface area contributed by atoms with Gasteiger partial charge in [0.2, 0.25) is 5.91 Å². The molecular weight excluding hydrogens is 354 g/mol. The van der Waals surface area contributed by atoms with E-state index in [4.69, 9.17) is 9.72 Å². The molecule has 1 saturated heterocycles. The molecule has 1 aromatic carbocycles. The molecule has 1 saturated carbocycles. The number of nitrogens with zero attached hydrogens (tertiary/aromatic N) is 3. The number of aromatic nitrogens is 1. The molecule has 148 valence electrons. The molecule has 28 heavy (non-hydrogen) atoms. The number of para-hydroxylation sites is 1. The molecular formula is C22H27N3O3. The monoisotopic (exact) mass is 381 g/mol. The standard InChI is InChI=1S/C22H27N3O3/c1-3-28-22(27)19-15(2)17-7-4-5-8-18(17)23-20(19)24-11-6-12-25(14-13-24)21(26)16-9-10-16/h4-5,7-8,16H,3,6,9-14H2,1-2H3. The third-order valence-electron chi connectivity index (χ3n) is 5.65. The summed E-state index contributed by atoms with van der Waals surface area (Å²) in [6, 6.07) is 7.88. The van der Waals surface area contributed by atoms with E-state index in [0.29, 0.717) is 31.1 Å². The van der Waals surface area contributed by atoms with Crippen molar-refractivity contribution in [3.05, 3.63) is 35.4 Å². The minimum absolute atomic E-state index is 0.239. The third-order valence-corrected chi connectivity index (χ3v) is 5.65. The van der Waals surface area contributed by atoms with E-state index in [2.05, 4.69) is 4.90 Å². The van der Waals surface area contributed by atoms with Gasteiger partial charge in [-0.15, -0.1) is 0 Å². The molecule has 0 spiro atoms. The summed E-state index contributed by atoms with van der Waals surface area (Å²) < 4.78 is 5.35. The fourth-order valence-electron chi connectivity index (χ4n) is 3.98. The van der Waals surface area contributed by atoms with Gasteiger partial charge in [0.15, 0.2) is 0 Å². The molecule has 0 bridgehead atoms. The van der Waals surface area contributed by atoms with Crippen LogP contribution in [0.15, 0.2) is 24.3 Å². The Bertz CT molecular complexity index is 907. The van der Waals surface area contributed by atoms with Crippen LogP contribution in [0, 0.1) is 12.8 Å². The van der Waals surface area contributed by atoms with Crippen LogP contribution in [0.5, 0.6) is 0 Å². The Balaban J connectivity index is 1.69. The first kappa shape index (κ1) is 18.7. The zero-order chi connectivity index (χ0) is 19.7. The molecule has 0 atom stereocenters. The Morgan fingerprint density at radius 2 is 1.93 bits per heavy atom. The SMILES string of the molecule is CCOC(=O)c1c(N2CCCN(C(=O)C3CC3)CC2)nc2ccccc2c1C. The van der Waals surface area contributed by atoms with Crippen LogP contribution >= 0.6 is 0 Å². The number of hydrogen-bond donors (Lipinski definition) is 0. The number of anilines is 1. The van der Waals surface area contributed by atoms with Crippen molar-refractivity contribution in [3.8, 4) is 0 Å². The van der Waals surface area contributed by atoms with E-state index in [1.165, 1.54) is 0 Å². The van der Waals surface area contributed by atoms with Gasteiger partial charge in [0.25, 0.3) is 0 Å². The van der Waals surface area contributed by atoms with Gasteiger partial charge in [-0.3, -0.25) is 4.79 Å². The molecule has 2 heterocycles. The van der Waals surface area contributed by atoms with Crippen molar-refractivity contribution in [3.63, 3.8) is 0 Å². The maximum atomic E-state index is 12.8. The van der Waals surface area contributed by atoms with E-state index in [-0.39, 0.29) is 17.8 Å². The first-order valence-corrected chi connectivity index (χ1v) is 10.2. The second-order valence-corrected chi connectivity index (χ2v) is 7.61. The number of aryl methyl sites for hydroxylation is 1. The lowest BCUT2D eigenvalue weighted by atomic mass is 10.0. The Hall–Kier alpha value is -2.63. The summed E-state index contributed by atoms with van der Waals surface area (Å²) in [7, 11) is 0. The molecule has 0 unspecified atom stereocenters. The van der Waals surface area contributed by atoms with E-state index in [0.717, 1.165) is 48.8 Å². The lowest BCUT2D eigenvalue weighted by Gasteiger charge is -2.26. The molecule has 2 aromatic rings. The second-order valence-electron chi connectivity index (χ2n) is 7.61. The summed E-state index contributed by atoms with van der Waals surface area (Å²) in [6.45, 7) is 6.99. The highest BCUT2D eigenvalue weighted by Gasteiger charge is 2.34. The highest BCUT2D eigenvalue weighted by atomic mass is 16.5. The third kappa shape index (κ3) is 3.55. The molecule has 0 radical (unpaired) electrons. The number of hydrogen-bond acceptors (Lipinski definition) is 5. The van der Waals surface area contributed by atoms with Gasteiger partial charge in [-0.25, -0.2) is 9.78 Å². The Morgan fingerprint density at radius 3 is 2.68 bits per heavy atom. The van der Waals surface area contributed by atoms with Gasteiger partial charge in [-0.1, -0.05) is 18.2 Å². The van der Waals surface area contributed by atoms with E-state index < -0.39 is 0 Å². The van der Waals surface area contributed by atoms with Gasteiger partial charge in [-0.05, 0) is 44.7 Å². The van der Waals surface area contributed by atoms with Gasteiger partial charge in [0, 0.05) is 37.5 Å². The fourth-order valence-corrected chi connectivity index (χ4v) is 3.98. The van der Waals surface area contributed by atoms with Crippen molar-refractivity contribution < 1.29 is 14.3 Å². The summed E-state index contributed by atoms with van der Waals surface area (Å²) in [5.41, 5.74) is 2.31. The lowest BCUT2D eigenvalue weighted by molar-refractivity contribution is -0.132. The van der Waals surface area contributed by atoms with Crippen molar-refractivity contribution >= 4 is 28.6 Å². The van der Waals surface area contributed by atoms with Crippen LogP contribution in [-0.4, -0.2) is 54.5 Å². The molecule has 2 fully saturated rings. The molecule has 6 nitrogen and oxygen atoms in total.